The molecule has 0 spiro atoms. The monoisotopic (exact) mass is 350 g/mol. The van der Waals surface area contributed by atoms with Gasteiger partial charge >= 0.3 is 0 Å². The highest BCUT2D eigenvalue weighted by Gasteiger charge is 2.20. The molecule has 0 bridgehead atoms. The molecule has 1 heterocycles. The first kappa shape index (κ1) is 19.5. The second-order valence-corrected chi connectivity index (χ2v) is 6.26. The van der Waals surface area contributed by atoms with Gasteiger partial charge in [0.2, 0.25) is 5.91 Å². The van der Waals surface area contributed by atoms with Crippen LogP contribution in [0.25, 0.3) is 0 Å². The normalized spacial score (nSPS) is 15.2. The van der Waals surface area contributed by atoms with Crippen LogP contribution in [0.3, 0.4) is 0 Å². The highest BCUT2D eigenvalue weighted by molar-refractivity contribution is 5.76. The molecule has 25 heavy (non-hydrogen) atoms. The van der Waals surface area contributed by atoms with Crippen molar-refractivity contribution in [3.63, 3.8) is 0 Å². The van der Waals surface area contributed by atoms with Crippen molar-refractivity contribution in [2.75, 3.05) is 60.7 Å². The van der Waals surface area contributed by atoms with Crippen molar-refractivity contribution >= 4 is 5.91 Å². The van der Waals surface area contributed by atoms with E-state index in [0.29, 0.717) is 24.3 Å². The first-order valence-electron chi connectivity index (χ1n) is 8.88. The predicted molar refractivity (Wildman–Crippen MR) is 97.4 cm³/mol. The molecule has 0 saturated carbocycles. The Balaban J connectivity index is 1.76. The molecule has 0 aromatic heterocycles. The van der Waals surface area contributed by atoms with Crippen molar-refractivity contribution < 1.29 is 19.0 Å². The van der Waals surface area contributed by atoms with Gasteiger partial charge in [-0.3, -0.25) is 9.69 Å². The van der Waals surface area contributed by atoms with E-state index in [9.17, 15) is 4.79 Å². The minimum Gasteiger partial charge on any atom is -0.493 e. The lowest BCUT2D eigenvalue weighted by atomic mass is 10.1. The topological polar surface area (TPSA) is 51.2 Å². The van der Waals surface area contributed by atoms with Gasteiger partial charge in [0, 0.05) is 52.9 Å². The Hall–Kier alpha value is -1.79. The SMILES string of the molecule is COCCCN1CCN(C(=O)CCc2ccc(OC)c(OC)c2)CC1. The molecule has 0 N–H and O–H groups in total. The maximum Gasteiger partial charge on any atom is 0.222 e. The summed E-state index contributed by atoms with van der Waals surface area (Å²) in [6, 6.07) is 5.82. The highest BCUT2D eigenvalue weighted by atomic mass is 16.5. The Morgan fingerprint density at radius 2 is 1.76 bits per heavy atom. The first-order chi connectivity index (χ1) is 12.2. The number of methoxy groups -OCH3 is 3. The molecule has 6 nitrogen and oxygen atoms in total. The average Bonchev–Trinajstić information content (AvgIpc) is 2.66. The van der Waals surface area contributed by atoms with Gasteiger partial charge in [-0.2, -0.15) is 0 Å². The van der Waals surface area contributed by atoms with Crippen molar-refractivity contribution in [1.82, 2.24) is 9.80 Å². The minimum absolute atomic E-state index is 0.228. The van der Waals surface area contributed by atoms with Crippen LogP contribution < -0.4 is 9.47 Å². The molecule has 2 rings (SSSR count). The van der Waals surface area contributed by atoms with E-state index >= 15 is 0 Å². The van der Waals surface area contributed by atoms with Gasteiger partial charge in [0.1, 0.15) is 0 Å². The van der Waals surface area contributed by atoms with Crippen LogP contribution in [0.15, 0.2) is 18.2 Å². The van der Waals surface area contributed by atoms with Crippen LogP contribution in [0.2, 0.25) is 0 Å². The maximum atomic E-state index is 12.4. The molecule has 1 saturated heterocycles. The summed E-state index contributed by atoms with van der Waals surface area (Å²) in [4.78, 5) is 16.8. The zero-order valence-corrected chi connectivity index (χ0v) is 15.6. The zero-order chi connectivity index (χ0) is 18.1. The number of aryl methyl sites for hydroxylation is 1. The van der Waals surface area contributed by atoms with Gasteiger partial charge in [0.15, 0.2) is 11.5 Å². The third-order valence-electron chi connectivity index (χ3n) is 4.62. The molecule has 1 aromatic rings. The second-order valence-electron chi connectivity index (χ2n) is 6.26. The van der Waals surface area contributed by atoms with Crippen LogP contribution >= 0.6 is 0 Å². The fraction of sp³-hybridized carbons (Fsp3) is 0.632. The van der Waals surface area contributed by atoms with Gasteiger partial charge in [-0.25, -0.2) is 0 Å². The number of piperazine rings is 1. The molecule has 1 amide bonds. The number of amides is 1. The highest BCUT2D eigenvalue weighted by Crippen LogP contribution is 2.28. The average molecular weight is 350 g/mol. The van der Waals surface area contributed by atoms with E-state index in [1.54, 1.807) is 21.3 Å². The van der Waals surface area contributed by atoms with Crippen molar-refractivity contribution in [2.24, 2.45) is 0 Å². The number of ether oxygens (including phenoxy) is 3. The van der Waals surface area contributed by atoms with Crippen LogP contribution in [-0.2, 0) is 16.0 Å². The third kappa shape index (κ3) is 5.90. The lowest BCUT2D eigenvalue weighted by Gasteiger charge is -2.34. The van der Waals surface area contributed by atoms with Crippen molar-refractivity contribution in [3.8, 4) is 11.5 Å². The molecule has 1 aromatic carbocycles. The van der Waals surface area contributed by atoms with Gasteiger partial charge < -0.3 is 19.1 Å². The van der Waals surface area contributed by atoms with Gasteiger partial charge in [-0.1, -0.05) is 6.07 Å². The summed E-state index contributed by atoms with van der Waals surface area (Å²) in [5, 5.41) is 0. The van der Waals surface area contributed by atoms with Gasteiger partial charge in [0.05, 0.1) is 14.2 Å². The predicted octanol–water partition coefficient (Wildman–Crippen LogP) is 1.82. The molecule has 6 heteroatoms. The Morgan fingerprint density at radius 3 is 2.40 bits per heavy atom. The molecule has 0 atom stereocenters. The fourth-order valence-corrected chi connectivity index (χ4v) is 3.10. The number of nitrogens with zero attached hydrogens (tertiary/aromatic N) is 2. The van der Waals surface area contributed by atoms with E-state index in [2.05, 4.69) is 4.90 Å². The molecule has 1 aliphatic heterocycles. The standard InChI is InChI=1S/C19H30N2O4/c1-23-14-4-9-20-10-12-21(13-11-20)19(22)8-6-16-5-7-17(24-2)18(15-16)25-3/h5,7,15H,4,6,8-14H2,1-3H3. The zero-order valence-electron chi connectivity index (χ0n) is 15.6. The summed E-state index contributed by atoms with van der Waals surface area (Å²) in [6.45, 7) is 5.37. The summed E-state index contributed by atoms with van der Waals surface area (Å²) in [5.74, 6) is 1.64. The first-order valence-corrected chi connectivity index (χ1v) is 8.88. The van der Waals surface area contributed by atoms with Crippen LogP contribution in [0.4, 0.5) is 0 Å². The van der Waals surface area contributed by atoms with E-state index in [1.165, 1.54) is 0 Å². The van der Waals surface area contributed by atoms with Crippen LogP contribution in [0.5, 0.6) is 11.5 Å². The number of carbonyl (C=O) groups is 1. The number of benzene rings is 1. The number of carbonyl (C=O) groups excluding carboxylic acids is 1. The van der Waals surface area contributed by atoms with E-state index in [1.807, 2.05) is 23.1 Å². The van der Waals surface area contributed by atoms with Crippen LogP contribution in [0.1, 0.15) is 18.4 Å². The molecule has 0 aliphatic carbocycles. The second kappa shape index (κ2) is 10.3. The summed E-state index contributed by atoms with van der Waals surface area (Å²) in [7, 11) is 4.98. The van der Waals surface area contributed by atoms with Crippen molar-refractivity contribution in [1.29, 1.82) is 0 Å². The number of hydrogen-bond acceptors (Lipinski definition) is 5. The third-order valence-corrected chi connectivity index (χ3v) is 4.62. The van der Waals surface area contributed by atoms with E-state index in [4.69, 9.17) is 14.2 Å². The number of rotatable bonds is 9. The minimum atomic E-state index is 0.228. The van der Waals surface area contributed by atoms with Crippen molar-refractivity contribution in [3.05, 3.63) is 23.8 Å². The molecule has 0 radical (unpaired) electrons. The van der Waals surface area contributed by atoms with Gasteiger partial charge in [0.25, 0.3) is 0 Å². The quantitative estimate of drug-likeness (QED) is 0.636. The van der Waals surface area contributed by atoms with E-state index < -0.39 is 0 Å². The largest absolute Gasteiger partial charge is 0.493 e. The summed E-state index contributed by atoms with van der Waals surface area (Å²) >= 11 is 0. The fourth-order valence-electron chi connectivity index (χ4n) is 3.10. The Bertz CT molecular complexity index is 542. The van der Waals surface area contributed by atoms with Crippen molar-refractivity contribution in [2.45, 2.75) is 19.3 Å². The lowest BCUT2D eigenvalue weighted by molar-refractivity contribution is -0.132. The number of hydrogen-bond donors (Lipinski definition) is 0. The lowest BCUT2D eigenvalue weighted by Crippen LogP contribution is -2.49. The summed E-state index contributed by atoms with van der Waals surface area (Å²) in [6.07, 6.45) is 2.29. The maximum absolute atomic E-state index is 12.4. The summed E-state index contributed by atoms with van der Waals surface area (Å²) < 4.78 is 15.7. The van der Waals surface area contributed by atoms with Crippen LogP contribution in [0, 0.1) is 0 Å². The smallest absolute Gasteiger partial charge is 0.222 e. The molecular weight excluding hydrogens is 320 g/mol. The van der Waals surface area contributed by atoms with Gasteiger partial charge in [-0.05, 0) is 30.5 Å². The van der Waals surface area contributed by atoms with Gasteiger partial charge in [-0.15, -0.1) is 0 Å². The molecule has 0 unspecified atom stereocenters. The summed E-state index contributed by atoms with van der Waals surface area (Å²) in [5.41, 5.74) is 1.09. The van der Waals surface area contributed by atoms with Crippen LogP contribution in [-0.4, -0.2) is 76.4 Å². The van der Waals surface area contributed by atoms with E-state index in [0.717, 1.165) is 51.3 Å². The van der Waals surface area contributed by atoms with E-state index in [-0.39, 0.29) is 5.91 Å². The Labute approximate surface area is 150 Å². The molecule has 1 fully saturated rings. The molecular formula is C19H30N2O4. The Morgan fingerprint density at radius 1 is 1.04 bits per heavy atom. The Kier molecular flexibility index (Phi) is 8.01. The molecule has 140 valence electrons. The molecule has 1 aliphatic rings.